The molecule has 3 N–H and O–H groups in total. The Labute approximate surface area is 193 Å². The molecule has 2 aromatic rings. The molecule has 1 aliphatic rings. The van der Waals surface area contributed by atoms with E-state index in [1.54, 1.807) is 6.07 Å². The molecule has 11 heteroatoms. The van der Waals surface area contributed by atoms with Gasteiger partial charge in [0.2, 0.25) is 5.91 Å². The number of aliphatic hydroxyl groups is 1. The lowest BCUT2D eigenvalue weighted by Crippen LogP contribution is -2.51. The monoisotopic (exact) mass is 488 g/mol. The highest BCUT2D eigenvalue weighted by Crippen LogP contribution is 2.24. The van der Waals surface area contributed by atoms with Crippen molar-refractivity contribution in [2.75, 3.05) is 6.54 Å². The van der Waals surface area contributed by atoms with Crippen molar-refractivity contribution in [3.05, 3.63) is 65.2 Å². The van der Waals surface area contributed by atoms with Gasteiger partial charge in [0.1, 0.15) is 17.4 Å². The summed E-state index contributed by atoms with van der Waals surface area (Å²) in [4.78, 5) is 11.6. The maximum Gasteiger partial charge on any atom is 0.573 e. The van der Waals surface area contributed by atoms with Crippen LogP contribution >= 0.6 is 0 Å². The number of hydrogen-bond donors (Lipinski definition) is 3. The molecule has 6 nitrogen and oxygen atoms in total. The Kier molecular flexibility index (Phi) is 8.45. The maximum atomic E-state index is 13.5. The van der Waals surface area contributed by atoms with Crippen molar-refractivity contribution in [1.29, 1.82) is 0 Å². The smallest absolute Gasteiger partial charge is 0.406 e. The maximum absolute atomic E-state index is 13.5. The number of carbonyl (C=O) groups excluding carboxylic acids is 1. The average molecular weight is 488 g/mol. The lowest BCUT2D eigenvalue weighted by molar-refractivity contribution is -0.274. The topological polar surface area (TPSA) is 79.8 Å². The number of benzene rings is 2. The fourth-order valence-electron chi connectivity index (χ4n) is 3.95. The third-order valence-electron chi connectivity index (χ3n) is 5.33. The van der Waals surface area contributed by atoms with Gasteiger partial charge in [-0.05, 0) is 48.2 Å². The Bertz CT molecular complexity index is 968. The molecule has 0 spiro atoms. The molecule has 34 heavy (non-hydrogen) atoms. The summed E-state index contributed by atoms with van der Waals surface area (Å²) in [5.74, 6) is -2.28. The van der Waals surface area contributed by atoms with Crippen LogP contribution in [0.15, 0.2) is 42.5 Å². The standard InChI is InChI=1S/C23H25F5N2O4/c1-13(31)30-21(8-15-5-16(24)9-17(25)6-15)22(32)20-10-19(11-29-20)33-12-14-3-2-4-18(7-14)34-23(26,27)28/h2-7,9,19-22,29,32H,8,10-12H2,1H3,(H,30,31)/t19-,20-,21+,22-/m1/s1. The first-order valence-corrected chi connectivity index (χ1v) is 10.6. The van der Waals surface area contributed by atoms with Gasteiger partial charge in [0.15, 0.2) is 0 Å². The molecular formula is C23H25F5N2O4. The summed E-state index contributed by atoms with van der Waals surface area (Å²) in [6.07, 6.45) is -5.87. The first kappa shape index (κ1) is 25.9. The fourth-order valence-corrected chi connectivity index (χ4v) is 3.95. The molecule has 4 atom stereocenters. The van der Waals surface area contributed by atoms with E-state index in [4.69, 9.17) is 4.74 Å². The molecule has 1 amide bonds. The Balaban J connectivity index is 1.58. The summed E-state index contributed by atoms with van der Waals surface area (Å²) >= 11 is 0. The van der Waals surface area contributed by atoms with Gasteiger partial charge in [-0.1, -0.05) is 12.1 Å². The van der Waals surface area contributed by atoms with Gasteiger partial charge in [-0.15, -0.1) is 13.2 Å². The first-order chi connectivity index (χ1) is 16.0. The van der Waals surface area contributed by atoms with Crippen LogP contribution in [0, 0.1) is 11.6 Å². The Morgan fingerprint density at radius 1 is 1.18 bits per heavy atom. The summed E-state index contributed by atoms with van der Waals surface area (Å²) in [6, 6.07) is 7.14. The molecule has 1 heterocycles. The van der Waals surface area contributed by atoms with Gasteiger partial charge >= 0.3 is 6.36 Å². The molecule has 186 valence electrons. The predicted molar refractivity (Wildman–Crippen MR) is 112 cm³/mol. The van der Waals surface area contributed by atoms with Crippen LogP contribution in [0.2, 0.25) is 0 Å². The zero-order valence-electron chi connectivity index (χ0n) is 18.2. The van der Waals surface area contributed by atoms with Gasteiger partial charge in [0, 0.05) is 25.6 Å². The summed E-state index contributed by atoms with van der Waals surface area (Å²) < 4.78 is 73.9. The Morgan fingerprint density at radius 3 is 2.53 bits per heavy atom. The minimum atomic E-state index is -4.79. The van der Waals surface area contributed by atoms with Crippen molar-refractivity contribution in [3.63, 3.8) is 0 Å². The number of nitrogens with one attached hydrogen (secondary N) is 2. The van der Waals surface area contributed by atoms with E-state index in [0.717, 1.165) is 18.2 Å². The number of carbonyl (C=O) groups is 1. The van der Waals surface area contributed by atoms with Crippen molar-refractivity contribution in [2.24, 2.45) is 0 Å². The molecule has 1 aliphatic heterocycles. The minimum Gasteiger partial charge on any atom is -0.406 e. The lowest BCUT2D eigenvalue weighted by Gasteiger charge is -2.28. The molecule has 0 saturated carbocycles. The molecule has 0 unspecified atom stereocenters. The zero-order chi connectivity index (χ0) is 24.9. The van der Waals surface area contributed by atoms with Crippen LogP contribution < -0.4 is 15.4 Å². The van der Waals surface area contributed by atoms with Crippen LogP contribution in [0.5, 0.6) is 5.75 Å². The normalized spacial score (nSPS) is 20.1. The highest BCUT2D eigenvalue weighted by atomic mass is 19.4. The fraction of sp³-hybridized carbons (Fsp3) is 0.435. The molecule has 3 rings (SSSR count). The summed E-state index contributed by atoms with van der Waals surface area (Å²) in [5, 5.41) is 16.6. The van der Waals surface area contributed by atoms with E-state index in [2.05, 4.69) is 15.4 Å². The molecule has 0 radical (unpaired) electrons. The number of alkyl halides is 3. The van der Waals surface area contributed by atoms with Crippen molar-refractivity contribution in [1.82, 2.24) is 10.6 Å². The van der Waals surface area contributed by atoms with Crippen LogP contribution in [-0.4, -0.2) is 48.2 Å². The van der Waals surface area contributed by atoms with E-state index in [0.29, 0.717) is 18.5 Å². The van der Waals surface area contributed by atoms with Gasteiger partial charge in [-0.25, -0.2) is 8.78 Å². The van der Waals surface area contributed by atoms with Gasteiger partial charge < -0.3 is 25.2 Å². The van der Waals surface area contributed by atoms with Crippen molar-refractivity contribution in [2.45, 2.75) is 57.0 Å². The molecule has 0 bridgehead atoms. The molecule has 2 aromatic carbocycles. The highest BCUT2D eigenvalue weighted by molar-refractivity contribution is 5.73. The highest BCUT2D eigenvalue weighted by Gasteiger charge is 2.35. The van der Waals surface area contributed by atoms with Gasteiger partial charge in [0.05, 0.1) is 24.9 Å². The van der Waals surface area contributed by atoms with Crippen molar-refractivity contribution < 1.29 is 41.3 Å². The number of aliphatic hydroxyl groups excluding tert-OH is 1. The second-order valence-corrected chi connectivity index (χ2v) is 8.16. The van der Waals surface area contributed by atoms with Crippen LogP contribution in [0.25, 0.3) is 0 Å². The molecule has 1 fully saturated rings. The van der Waals surface area contributed by atoms with E-state index in [-0.39, 0.29) is 30.4 Å². The predicted octanol–water partition coefficient (Wildman–Crippen LogP) is 3.22. The first-order valence-electron chi connectivity index (χ1n) is 10.6. The summed E-state index contributed by atoms with van der Waals surface area (Å²) in [6.45, 7) is 1.67. The average Bonchev–Trinajstić information content (AvgIpc) is 3.18. The Hall–Kier alpha value is -2.76. The number of halogens is 5. The third-order valence-corrected chi connectivity index (χ3v) is 5.33. The van der Waals surface area contributed by atoms with Gasteiger partial charge in [0.25, 0.3) is 0 Å². The van der Waals surface area contributed by atoms with E-state index in [1.807, 2.05) is 0 Å². The number of hydrogen-bond acceptors (Lipinski definition) is 5. The molecule has 0 aromatic heterocycles. The van der Waals surface area contributed by atoms with E-state index in [1.165, 1.54) is 25.1 Å². The molecule has 0 aliphatic carbocycles. The van der Waals surface area contributed by atoms with Crippen LogP contribution in [-0.2, 0) is 22.6 Å². The number of amides is 1. The van der Waals surface area contributed by atoms with E-state index < -0.39 is 42.1 Å². The van der Waals surface area contributed by atoms with Crippen LogP contribution in [0.3, 0.4) is 0 Å². The zero-order valence-corrected chi connectivity index (χ0v) is 18.2. The summed E-state index contributed by atoms with van der Waals surface area (Å²) in [5.41, 5.74) is 0.761. The van der Waals surface area contributed by atoms with E-state index >= 15 is 0 Å². The van der Waals surface area contributed by atoms with Crippen molar-refractivity contribution in [3.8, 4) is 5.75 Å². The molecule has 1 saturated heterocycles. The van der Waals surface area contributed by atoms with E-state index in [9.17, 15) is 31.9 Å². The SMILES string of the molecule is CC(=O)N[C@@H](Cc1cc(F)cc(F)c1)[C@H](O)[C@H]1C[C@@H](OCc2cccc(OC(F)(F)F)c2)CN1. The third kappa shape index (κ3) is 7.93. The second-order valence-electron chi connectivity index (χ2n) is 8.16. The molecular weight excluding hydrogens is 463 g/mol. The lowest BCUT2D eigenvalue weighted by atomic mass is 9.95. The summed E-state index contributed by atoms with van der Waals surface area (Å²) in [7, 11) is 0. The number of ether oxygens (including phenoxy) is 2. The number of rotatable bonds is 9. The quantitative estimate of drug-likeness (QED) is 0.473. The van der Waals surface area contributed by atoms with Gasteiger partial charge in [-0.2, -0.15) is 0 Å². The second kappa shape index (κ2) is 11.1. The van der Waals surface area contributed by atoms with Crippen LogP contribution in [0.4, 0.5) is 22.0 Å². The Morgan fingerprint density at radius 2 is 1.88 bits per heavy atom. The van der Waals surface area contributed by atoms with Gasteiger partial charge in [-0.3, -0.25) is 4.79 Å². The largest absolute Gasteiger partial charge is 0.573 e. The van der Waals surface area contributed by atoms with Crippen LogP contribution in [0.1, 0.15) is 24.5 Å². The minimum absolute atomic E-state index is 0.00509. The van der Waals surface area contributed by atoms with Crippen molar-refractivity contribution >= 4 is 5.91 Å².